The summed E-state index contributed by atoms with van der Waals surface area (Å²) in [7, 11) is 0. The maximum Gasteiger partial charge on any atom is 0.226 e. The van der Waals surface area contributed by atoms with E-state index in [1.807, 2.05) is 0 Å². The molecule has 2 N–H and O–H groups in total. The van der Waals surface area contributed by atoms with Crippen molar-refractivity contribution in [2.75, 3.05) is 19.7 Å². The molecule has 4 unspecified atom stereocenters. The first-order valence-electron chi connectivity index (χ1n) is 8.84. The van der Waals surface area contributed by atoms with E-state index in [0.29, 0.717) is 5.92 Å². The molecule has 0 radical (unpaired) electrons. The van der Waals surface area contributed by atoms with Crippen LogP contribution in [0, 0.1) is 18.8 Å². The lowest BCUT2D eigenvalue weighted by Gasteiger charge is -2.35. The molecule has 0 aromatic heterocycles. The van der Waals surface area contributed by atoms with Crippen LogP contribution in [0.4, 0.5) is 0 Å². The van der Waals surface area contributed by atoms with Gasteiger partial charge in [0.05, 0.1) is 12.0 Å². The van der Waals surface area contributed by atoms with E-state index in [4.69, 9.17) is 4.74 Å². The second-order valence-electron chi connectivity index (χ2n) is 7.04. The average molecular weight is 353 g/mol. The van der Waals surface area contributed by atoms with Gasteiger partial charge in [-0.3, -0.25) is 4.79 Å². The van der Waals surface area contributed by atoms with E-state index in [0.717, 1.165) is 44.5 Å². The molecule has 1 aromatic rings. The molecule has 2 saturated heterocycles. The van der Waals surface area contributed by atoms with E-state index in [9.17, 15) is 4.79 Å². The quantitative estimate of drug-likeness (QED) is 0.879. The first-order chi connectivity index (χ1) is 11.1. The number of piperidine rings is 1. The molecule has 0 saturated carbocycles. The monoisotopic (exact) mass is 352 g/mol. The Bertz CT molecular complexity index is 535. The standard InChI is InChI=1S/C19H28N2O2.ClH/c1-13-5-7-15(8-6-13)18-16(4-3-11-23-18)19(22)21-17-12-20-10-9-14(17)2;/h5-8,14,16-18,20H,3-4,9-12H2,1-2H3,(H,21,22);1H. The summed E-state index contributed by atoms with van der Waals surface area (Å²) < 4.78 is 5.98. The number of carbonyl (C=O) groups excluding carboxylic acids is 1. The third-order valence-electron chi connectivity index (χ3n) is 5.22. The van der Waals surface area contributed by atoms with Gasteiger partial charge >= 0.3 is 0 Å². The zero-order valence-electron chi connectivity index (χ0n) is 14.6. The van der Waals surface area contributed by atoms with E-state index in [-0.39, 0.29) is 36.4 Å². The van der Waals surface area contributed by atoms with Crippen LogP contribution in [0.3, 0.4) is 0 Å². The Morgan fingerprint density at radius 3 is 2.71 bits per heavy atom. The van der Waals surface area contributed by atoms with Crippen molar-refractivity contribution < 1.29 is 9.53 Å². The molecule has 134 valence electrons. The van der Waals surface area contributed by atoms with Gasteiger partial charge in [0.25, 0.3) is 0 Å². The number of amides is 1. The molecule has 4 nitrogen and oxygen atoms in total. The maximum absolute atomic E-state index is 12.8. The summed E-state index contributed by atoms with van der Waals surface area (Å²) in [5.74, 6) is 0.596. The zero-order valence-corrected chi connectivity index (χ0v) is 15.4. The lowest BCUT2D eigenvalue weighted by molar-refractivity contribution is -0.136. The highest BCUT2D eigenvalue weighted by atomic mass is 35.5. The Morgan fingerprint density at radius 2 is 2.00 bits per heavy atom. The number of benzene rings is 1. The molecule has 4 atom stereocenters. The highest BCUT2D eigenvalue weighted by Gasteiger charge is 2.35. The van der Waals surface area contributed by atoms with Crippen LogP contribution >= 0.6 is 12.4 Å². The van der Waals surface area contributed by atoms with Gasteiger partial charge in [0, 0.05) is 19.2 Å². The van der Waals surface area contributed by atoms with Gasteiger partial charge in [0.15, 0.2) is 0 Å². The zero-order chi connectivity index (χ0) is 16.2. The van der Waals surface area contributed by atoms with Gasteiger partial charge in [-0.15, -0.1) is 12.4 Å². The minimum absolute atomic E-state index is 0. The maximum atomic E-state index is 12.8. The highest BCUT2D eigenvalue weighted by molar-refractivity contribution is 5.85. The minimum atomic E-state index is -0.115. The number of carbonyl (C=O) groups is 1. The summed E-state index contributed by atoms with van der Waals surface area (Å²) in [6.07, 6.45) is 2.86. The first-order valence-corrected chi connectivity index (χ1v) is 8.84. The molecular formula is C19H29ClN2O2. The molecule has 3 rings (SSSR count). The SMILES string of the molecule is Cc1ccc(C2OCCCC2C(=O)NC2CNCCC2C)cc1.Cl. The summed E-state index contributed by atoms with van der Waals surface area (Å²) in [5.41, 5.74) is 2.35. The van der Waals surface area contributed by atoms with Crippen molar-refractivity contribution in [1.29, 1.82) is 0 Å². The van der Waals surface area contributed by atoms with Crippen LogP contribution in [0.25, 0.3) is 0 Å². The second kappa shape index (κ2) is 8.84. The number of halogens is 1. The van der Waals surface area contributed by atoms with Crippen molar-refractivity contribution in [3.63, 3.8) is 0 Å². The molecule has 1 amide bonds. The molecule has 2 heterocycles. The van der Waals surface area contributed by atoms with E-state index in [2.05, 4.69) is 48.7 Å². The largest absolute Gasteiger partial charge is 0.373 e. The summed E-state index contributed by atoms with van der Waals surface area (Å²) in [6, 6.07) is 8.61. The fourth-order valence-electron chi connectivity index (χ4n) is 3.61. The molecule has 0 aliphatic carbocycles. The Hall–Kier alpha value is -1.10. The Balaban J connectivity index is 0.00000208. The molecule has 2 aliphatic rings. The van der Waals surface area contributed by atoms with E-state index < -0.39 is 0 Å². The number of hydrogen-bond acceptors (Lipinski definition) is 3. The van der Waals surface area contributed by atoms with Crippen molar-refractivity contribution in [2.45, 2.75) is 45.3 Å². The number of rotatable bonds is 3. The van der Waals surface area contributed by atoms with Gasteiger partial charge in [-0.05, 0) is 44.2 Å². The van der Waals surface area contributed by atoms with Gasteiger partial charge in [0.1, 0.15) is 0 Å². The Morgan fingerprint density at radius 1 is 1.25 bits per heavy atom. The topological polar surface area (TPSA) is 50.4 Å². The molecule has 0 spiro atoms. The predicted molar refractivity (Wildman–Crippen MR) is 98.4 cm³/mol. The lowest BCUT2D eigenvalue weighted by Crippen LogP contribution is -2.52. The summed E-state index contributed by atoms with van der Waals surface area (Å²) in [4.78, 5) is 12.8. The van der Waals surface area contributed by atoms with Crippen LogP contribution in [-0.4, -0.2) is 31.6 Å². The van der Waals surface area contributed by atoms with Crippen molar-refractivity contribution >= 4 is 18.3 Å². The number of ether oxygens (including phenoxy) is 1. The molecule has 5 heteroatoms. The van der Waals surface area contributed by atoms with Crippen LogP contribution in [0.15, 0.2) is 24.3 Å². The van der Waals surface area contributed by atoms with Crippen molar-refractivity contribution in [3.05, 3.63) is 35.4 Å². The Kier molecular flexibility index (Phi) is 7.08. The van der Waals surface area contributed by atoms with Crippen molar-refractivity contribution in [2.24, 2.45) is 11.8 Å². The second-order valence-corrected chi connectivity index (χ2v) is 7.04. The van der Waals surface area contributed by atoms with Crippen LogP contribution < -0.4 is 10.6 Å². The van der Waals surface area contributed by atoms with Crippen molar-refractivity contribution in [1.82, 2.24) is 10.6 Å². The molecule has 2 aliphatic heterocycles. The molecule has 0 bridgehead atoms. The number of nitrogens with one attached hydrogen (secondary N) is 2. The van der Waals surface area contributed by atoms with Crippen LogP contribution in [0.2, 0.25) is 0 Å². The van der Waals surface area contributed by atoms with E-state index >= 15 is 0 Å². The van der Waals surface area contributed by atoms with Crippen LogP contribution in [0.5, 0.6) is 0 Å². The molecule has 1 aromatic carbocycles. The normalized spacial score (nSPS) is 30.2. The molecule has 24 heavy (non-hydrogen) atoms. The summed E-state index contributed by atoms with van der Waals surface area (Å²) in [6.45, 7) is 6.96. The average Bonchev–Trinajstić information content (AvgIpc) is 2.58. The van der Waals surface area contributed by atoms with E-state index in [1.165, 1.54) is 5.56 Å². The van der Waals surface area contributed by atoms with E-state index in [1.54, 1.807) is 0 Å². The van der Waals surface area contributed by atoms with Gasteiger partial charge in [-0.1, -0.05) is 36.8 Å². The van der Waals surface area contributed by atoms with Gasteiger partial charge in [-0.2, -0.15) is 0 Å². The number of hydrogen-bond donors (Lipinski definition) is 2. The third-order valence-corrected chi connectivity index (χ3v) is 5.22. The van der Waals surface area contributed by atoms with Gasteiger partial charge < -0.3 is 15.4 Å². The fourth-order valence-corrected chi connectivity index (χ4v) is 3.61. The highest BCUT2D eigenvalue weighted by Crippen LogP contribution is 2.34. The lowest BCUT2D eigenvalue weighted by atomic mass is 9.87. The van der Waals surface area contributed by atoms with Gasteiger partial charge in [0.2, 0.25) is 5.91 Å². The molecule has 2 fully saturated rings. The van der Waals surface area contributed by atoms with Crippen molar-refractivity contribution in [3.8, 4) is 0 Å². The van der Waals surface area contributed by atoms with Crippen LogP contribution in [0.1, 0.15) is 43.4 Å². The smallest absolute Gasteiger partial charge is 0.226 e. The minimum Gasteiger partial charge on any atom is -0.373 e. The van der Waals surface area contributed by atoms with Crippen LogP contribution in [-0.2, 0) is 9.53 Å². The predicted octanol–water partition coefficient (Wildman–Crippen LogP) is 3.00. The fraction of sp³-hybridized carbons (Fsp3) is 0.632. The number of aryl methyl sites for hydroxylation is 1. The summed E-state index contributed by atoms with van der Waals surface area (Å²) in [5, 5.41) is 6.64. The molecular weight excluding hydrogens is 324 g/mol. The third kappa shape index (κ3) is 4.50. The summed E-state index contributed by atoms with van der Waals surface area (Å²) >= 11 is 0. The first kappa shape index (κ1) is 19.2. The Labute approximate surface area is 151 Å². The van der Waals surface area contributed by atoms with Gasteiger partial charge in [-0.25, -0.2) is 0 Å².